The maximum Gasteiger partial charge on any atom is 0.207 e. The molecule has 2 aliphatic carbocycles. The third kappa shape index (κ3) is 3.57. The van der Waals surface area contributed by atoms with Gasteiger partial charge in [0.1, 0.15) is 5.69 Å². The lowest BCUT2D eigenvalue weighted by Gasteiger charge is -2.22. The van der Waals surface area contributed by atoms with Gasteiger partial charge in [-0.2, -0.15) is 0 Å². The molecule has 2 heteroatoms. The van der Waals surface area contributed by atoms with E-state index in [1.807, 2.05) is 48.5 Å². The van der Waals surface area contributed by atoms with Gasteiger partial charge >= 0.3 is 0 Å². The van der Waals surface area contributed by atoms with Crippen LogP contribution in [0.5, 0.6) is 0 Å². The quantitative estimate of drug-likeness (QED) is 0.472. The Morgan fingerprint density at radius 3 is 2.30 bits per heavy atom. The Bertz CT molecular complexity index is 1170. The van der Waals surface area contributed by atoms with Gasteiger partial charge < -0.3 is 0 Å². The lowest BCUT2D eigenvalue weighted by molar-refractivity contribution is 0.102. The molecular weight excluding hydrogens is 366 g/mol. The van der Waals surface area contributed by atoms with Gasteiger partial charge in [-0.25, -0.2) is 4.98 Å². The van der Waals surface area contributed by atoms with E-state index in [-0.39, 0.29) is 5.78 Å². The van der Waals surface area contributed by atoms with E-state index in [1.165, 1.54) is 0 Å². The molecule has 0 saturated carbocycles. The molecule has 0 bridgehead atoms. The molecule has 0 aliphatic heterocycles. The summed E-state index contributed by atoms with van der Waals surface area (Å²) >= 11 is 0. The topological polar surface area (TPSA) is 30.0 Å². The molecule has 0 N–H and O–H groups in total. The Balaban J connectivity index is 1.64. The highest BCUT2D eigenvalue weighted by molar-refractivity contribution is 6.10. The van der Waals surface area contributed by atoms with E-state index in [0.29, 0.717) is 11.6 Å². The van der Waals surface area contributed by atoms with Crippen LogP contribution in [0.15, 0.2) is 103 Å². The van der Waals surface area contributed by atoms with E-state index < -0.39 is 0 Å². The molecule has 1 heterocycles. The number of rotatable bonds is 3. The second-order valence-electron chi connectivity index (χ2n) is 7.85. The molecule has 0 radical (unpaired) electrons. The first kappa shape index (κ1) is 18.5. The molecule has 0 saturated heterocycles. The Kier molecular flexibility index (Phi) is 4.98. The number of carbonyl (C=O) groups is 1. The monoisotopic (exact) mass is 389 g/mol. The Morgan fingerprint density at radius 2 is 1.60 bits per heavy atom. The standard InChI is InChI=1S/C28H23NO/c30-28-23(18-20-10-4-1-5-11-20)16-17-24-25(21-12-6-2-7-13-21)19-26(29-27(24)28)22-14-8-3-9-15-22/h1-10,12-15,18-20H,11,16-17H2/b23-18+. The molecule has 146 valence electrons. The zero-order valence-corrected chi connectivity index (χ0v) is 16.8. The van der Waals surface area contributed by atoms with Crippen LogP contribution in [0.2, 0.25) is 0 Å². The summed E-state index contributed by atoms with van der Waals surface area (Å²) in [4.78, 5) is 18.4. The molecule has 5 rings (SSSR count). The zero-order chi connectivity index (χ0) is 20.3. The second-order valence-corrected chi connectivity index (χ2v) is 7.85. The predicted octanol–water partition coefficient (Wildman–Crippen LogP) is 6.60. The lowest BCUT2D eigenvalue weighted by Crippen LogP contribution is -2.18. The molecule has 2 aromatic carbocycles. The van der Waals surface area contributed by atoms with Crippen LogP contribution in [-0.2, 0) is 6.42 Å². The van der Waals surface area contributed by atoms with Gasteiger partial charge in [0.15, 0.2) is 0 Å². The number of allylic oxidation sites excluding steroid dienone is 6. The van der Waals surface area contributed by atoms with E-state index >= 15 is 0 Å². The molecule has 0 fully saturated rings. The summed E-state index contributed by atoms with van der Waals surface area (Å²) in [5.74, 6) is 0.371. The number of benzene rings is 2. The van der Waals surface area contributed by atoms with Crippen molar-refractivity contribution in [2.75, 3.05) is 0 Å². The first-order valence-electron chi connectivity index (χ1n) is 10.5. The van der Waals surface area contributed by atoms with Gasteiger partial charge in [-0.1, -0.05) is 91.0 Å². The van der Waals surface area contributed by atoms with Gasteiger partial charge in [-0.3, -0.25) is 4.79 Å². The molecule has 30 heavy (non-hydrogen) atoms. The third-order valence-electron chi connectivity index (χ3n) is 5.86. The van der Waals surface area contributed by atoms with Crippen molar-refractivity contribution in [3.63, 3.8) is 0 Å². The molecule has 2 aliphatic rings. The van der Waals surface area contributed by atoms with Crippen molar-refractivity contribution in [1.29, 1.82) is 0 Å². The molecule has 0 amide bonds. The van der Waals surface area contributed by atoms with Crippen molar-refractivity contribution < 1.29 is 4.79 Å². The number of fused-ring (bicyclic) bond motifs is 1. The molecular formula is C28H23NO. The molecule has 1 unspecified atom stereocenters. The number of aromatic nitrogens is 1. The van der Waals surface area contributed by atoms with Gasteiger partial charge in [-0.05, 0) is 53.5 Å². The minimum Gasteiger partial charge on any atom is -0.287 e. The highest BCUT2D eigenvalue weighted by Gasteiger charge is 2.27. The summed E-state index contributed by atoms with van der Waals surface area (Å²) in [5.41, 5.74) is 6.71. The fraction of sp³-hybridized carbons (Fsp3) is 0.143. The number of Topliss-reactive ketones (excluding diaryl/α,β-unsaturated/α-hetero) is 1. The summed E-state index contributed by atoms with van der Waals surface area (Å²) in [7, 11) is 0. The molecule has 1 atom stereocenters. The largest absolute Gasteiger partial charge is 0.287 e. The van der Waals surface area contributed by atoms with Gasteiger partial charge in [0.25, 0.3) is 0 Å². The van der Waals surface area contributed by atoms with Crippen LogP contribution < -0.4 is 0 Å². The van der Waals surface area contributed by atoms with Crippen LogP contribution in [0, 0.1) is 5.92 Å². The average Bonchev–Trinajstić information content (AvgIpc) is 2.82. The van der Waals surface area contributed by atoms with E-state index in [4.69, 9.17) is 4.98 Å². The van der Waals surface area contributed by atoms with Crippen molar-refractivity contribution in [2.24, 2.45) is 5.92 Å². The molecule has 1 aromatic heterocycles. The van der Waals surface area contributed by atoms with Crippen molar-refractivity contribution in [1.82, 2.24) is 4.98 Å². The van der Waals surface area contributed by atoms with Gasteiger partial charge in [0, 0.05) is 5.56 Å². The van der Waals surface area contributed by atoms with E-state index in [9.17, 15) is 4.79 Å². The maximum atomic E-state index is 13.5. The average molecular weight is 389 g/mol. The Hall–Kier alpha value is -3.52. The number of ketones is 1. The smallest absolute Gasteiger partial charge is 0.207 e. The van der Waals surface area contributed by atoms with Crippen LogP contribution in [0.4, 0.5) is 0 Å². The molecule has 0 spiro atoms. The number of hydrogen-bond acceptors (Lipinski definition) is 2. The SMILES string of the molecule is O=C1/C(=C/C2C=CC=CC2)CCc2c(-c3ccccc3)cc(-c3ccccc3)nc21. The summed E-state index contributed by atoms with van der Waals surface area (Å²) in [6, 6.07) is 22.6. The normalized spacial score (nSPS) is 19.1. The number of hydrogen-bond donors (Lipinski definition) is 0. The van der Waals surface area contributed by atoms with Crippen LogP contribution in [-0.4, -0.2) is 10.8 Å². The van der Waals surface area contributed by atoms with Crippen molar-refractivity contribution in [3.8, 4) is 22.4 Å². The maximum absolute atomic E-state index is 13.5. The van der Waals surface area contributed by atoms with Crippen molar-refractivity contribution in [2.45, 2.75) is 19.3 Å². The molecule has 2 nitrogen and oxygen atoms in total. The lowest BCUT2D eigenvalue weighted by atomic mass is 9.83. The molecule has 3 aromatic rings. The summed E-state index contributed by atoms with van der Waals surface area (Å²) < 4.78 is 0. The van der Waals surface area contributed by atoms with E-state index in [1.54, 1.807) is 0 Å². The summed E-state index contributed by atoms with van der Waals surface area (Å²) in [6.07, 6.45) is 13.1. The summed E-state index contributed by atoms with van der Waals surface area (Å²) in [5, 5.41) is 0. The van der Waals surface area contributed by atoms with Gasteiger partial charge in [0.2, 0.25) is 5.78 Å². The summed E-state index contributed by atoms with van der Waals surface area (Å²) in [6.45, 7) is 0. The minimum atomic E-state index is 0.0779. The predicted molar refractivity (Wildman–Crippen MR) is 122 cm³/mol. The first-order chi connectivity index (χ1) is 14.8. The van der Waals surface area contributed by atoms with Crippen LogP contribution in [0.1, 0.15) is 28.9 Å². The van der Waals surface area contributed by atoms with Gasteiger partial charge in [-0.15, -0.1) is 0 Å². The minimum absolute atomic E-state index is 0.0779. The van der Waals surface area contributed by atoms with Crippen LogP contribution in [0.25, 0.3) is 22.4 Å². The van der Waals surface area contributed by atoms with Crippen molar-refractivity contribution in [3.05, 3.63) is 114 Å². The number of nitrogens with zero attached hydrogens (tertiary/aromatic N) is 1. The van der Waals surface area contributed by atoms with E-state index in [0.717, 1.165) is 52.8 Å². The Morgan fingerprint density at radius 1 is 0.867 bits per heavy atom. The third-order valence-corrected chi connectivity index (χ3v) is 5.86. The fourth-order valence-corrected chi connectivity index (χ4v) is 4.31. The fourth-order valence-electron chi connectivity index (χ4n) is 4.31. The highest BCUT2D eigenvalue weighted by Crippen LogP contribution is 2.36. The highest BCUT2D eigenvalue weighted by atomic mass is 16.1. The van der Waals surface area contributed by atoms with Crippen molar-refractivity contribution >= 4 is 5.78 Å². The number of carbonyl (C=O) groups excluding carboxylic acids is 1. The Labute approximate surface area is 177 Å². The first-order valence-corrected chi connectivity index (χ1v) is 10.5. The van der Waals surface area contributed by atoms with Gasteiger partial charge in [0.05, 0.1) is 5.69 Å². The van der Waals surface area contributed by atoms with E-state index in [2.05, 4.69) is 48.6 Å². The second kappa shape index (κ2) is 8.08. The zero-order valence-electron chi connectivity index (χ0n) is 16.8. The van der Waals surface area contributed by atoms with Crippen LogP contribution >= 0.6 is 0 Å². The number of pyridine rings is 1. The van der Waals surface area contributed by atoms with Crippen LogP contribution in [0.3, 0.4) is 0 Å².